The lowest BCUT2D eigenvalue weighted by Crippen LogP contribution is -2.46. The van der Waals surface area contributed by atoms with Crippen molar-refractivity contribution >= 4 is 11.4 Å². The summed E-state index contributed by atoms with van der Waals surface area (Å²) in [5.41, 5.74) is 10.7. The fourth-order valence-corrected chi connectivity index (χ4v) is 2.78. The monoisotopic (exact) mass is 233 g/mol. The Kier molecular flexibility index (Phi) is 3.57. The van der Waals surface area contributed by atoms with E-state index in [0.717, 1.165) is 25.3 Å². The lowest BCUT2D eigenvalue weighted by molar-refractivity contribution is 0.271. The van der Waals surface area contributed by atoms with E-state index in [9.17, 15) is 0 Å². The van der Waals surface area contributed by atoms with Crippen LogP contribution in [0.2, 0.25) is 0 Å². The van der Waals surface area contributed by atoms with Crippen molar-refractivity contribution in [2.45, 2.75) is 20.8 Å². The molecule has 1 aliphatic heterocycles. The Balaban J connectivity index is 2.18. The molecule has 1 aromatic rings. The summed E-state index contributed by atoms with van der Waals surface area (Å²) >= 11 is 0. The third kappa shape index (κ3) is 2.55. The van der Waals surface area contributed by atoms with Crippen LogP contribution in [0.1, 0.15) is 18.1 Å². The number of nitrogens with two attached hydrogens (primary N) is 1. The standard InChI is InChI=1S/C14H23N3/c1-4-16-5-7-17(8-6-16)14-11(2)9-13(15)10-12(14)3/h9-10H,4-8,15H2,1-3H3. The highest BCUT2D eigenvalue weighted by Gasteiger charge is 2.18. The zero-order valence-corrected chi connectivity index (χ0v) is 11.2. The first-order valence-corrected chi connectivity index (χ1v) is 6.46. The second kappa shape index (κ2) is 4.96. The molecule has 94 valence electrons. The molecule has 3 nitrogen and oxygen atoms in total. The minimum atomic E-state index is 0.871. The molecule has 0 amide bonds. The average Bonchev–Trinajstić information content (AvgIpc) is 2.28. The molecule has 1 aromatic carbocycles. The largest absolute Gasteiger partial charge is 0.399 e. The van der Waals surface area contributed by atoms with Crippen molar-refractivity contribution in [2.75, 3.05) is 43.4 Å². The molecule has 3 heteroatoms. The summed E-state index contributed by atoms with van der Waals surface area (Å²) in [6.45, 7) is 12.3. The van der Waals surface area contributed by atoms with Crippen LogP contribution in [0.5, 0.6) is 0 Å². The quantitative estimate of drug-likeness (QED) is 0.793. The Morgan fingerprint density at radius 1 is 1.06 bits per heavy atom. The molecule has 0 unspecified atom stereocenters. The van der Waals surface area contributed by atoms with Crippen LogP contribution in [0.3, 0.4) is 0 Å². The number of benzene rings is 1. The van der Waals surface area contributed by atoms with Gasteiger partial charge in [0.15, 0.2) is 0 Å². The molecule has 0 spiro atoms. The highest BCUT2D eigenvalue weighted by Crippen LogP contribution is 2.28. The summed E-state index contributed by atoms with van der Waals surface area (Å²) in [5, 5.41) is 0. The third-order valence-electron chi connectivity index (χ3n) is 3.65. The molecule has 1 fully saturated rings. The smallest absolute Gasteiger partial charge is 0.0428 e. The van der Waals surface area contributed by atoms with E-state index in [1.807, 2.05) is 0 Å². The minimum absolute atomic E-state index is 0.871. The van der Waals surface area contributed by atoms with Crippen LogP contribution in [0.25, 0.3) is 0 Å². The van der Waals surface area contributed by atoms with Crippen molar-refractivity contribution in [3.05, 3.63) is 23.3 Å². The molecular formula is C14H23N3. The maximum atomic E-state index is 5.87. The third-order valence-corrected chi connectivity index (χ3v) is 3.65. The number of nitrogen functional groups attached to an aromatic ring is 1. The highest BCUT2D eigenvalue weighted by molar-refractivity contribution is 5.64. The molecule has 1 aliphatic rings. The first-order chi connectivity index (χ1) is 8.11. The number of nitrogens with zero attached hydrogens (tertiary/aromatic N) is 2. The first kappa shape index (κ1) is 12.2. The van der Waals surface area contributed by atoms with Gasteiger partial charge in [-0.25, -0.2) is 0 Å². The molecule has 1 saturated heterocycles. The van der Waals surface area contributed by atoms with Gasteiger partial charge in [-0.2, -0.15) is 0 Å². The van der Waals surface area contributed by atoms with Crippen LogP contribution in [-0.4, -0.2) is 37.6 Å². The van der Waals surface area contributed by atoms with Gasteiger partial charge < -0.3 is 15.5 Å². The van der Waals surface area contributed by atoms with E-state index in [4.69, 9.17) is 5.73 Å². The number of hydrogen-bond acceptors (Lipinski definition) is 3. The Bertz CT molecular complexity index is 369. The minimum Gasteiger partial charge on any atom is -0.399 e. The van der Waals surface area contributed by atoms with E-state index < -0.39 is 0 Å². The van der Waals surface area contributed by atoms with Gasteiger partial charge in [0, 0.05) is 37.6 Å². The molecule has 0 aliphatic carbocycles. The van der Waals surface area contributed by atoms with Gasteiger partial charge in [-0.05, 0) is 43.7 Å². The number of likely N-dealkylation sites (N-methyl/N-ethyl adjacent to an activating group) is 1. The molecule has 0 atom stereocenters. The highest BCUT2D eigenvalue weighted by atomic mass is 15.3. The lowest BCUT2D eigenvalue weighted by atomic mass is 10.1. The van der Waals surface area contributed by atoms with Gasteiger partial charge in [0.1, 0.15) is 0 Å². The van der Waals surface area contributed by atoms with E-state index in [1.54, 1.807) is 0 Å². The van der Waals surface area contributed by atoms with E-state index in [2.05, 4.69) is 42.7 Å². The van der Waals surface area contributed by atoms with E-state index >= 15 is 0 Å². The Hall–Kier alpha value is -1.22. The Morgan fingerprint density at radius 2 is 1.59 bits per heavy atom. The molecule has 2 N–H and O–H groups in total. The van der Waals surface area contributed by atoms with Gasteiger partial charge in [0.2, 0.25) is 0 Å². The summed E-state index contributed by atoms with van der Waals surface area (Å²) < 4.78 is 0. The van der Waals surface area contributed by atoms with Crippen molar-refractivity contribution in [3.63, 3.8) is 0 Å². The summed E-state index contributed by atoms with van der Waals surface area (Å²) in [6.07, 6.45) is 0. The van der Waals surface area contributed by atoms with Crippen molar-refractivity contribution in [1.29, 1.82) is 0 Å². The number of piperazine rings is 1. The molecule has 0 bridgehead atoms. The second-order valence-corrected chi connectivity index (χ2v) is 4.92. The predicted molar refractivity (Wildman–Crippen MR) is 74.7 cm³/mol. The number of aryl methyl sites for hydroxylation is 2. The van der Waals surface area contributed by atoms with Crippen LogP contribution in [0.4, 0.5) is 11.4 Å². The normalized spacial score (nSPS) is 17.5. The molecule has 2 rings (SSSR count). The van der Waals surface area contributed by atoms with Gasteiger partial charge in [0.25, 0.3) is 0 Å². The molecule has 17 heavy (non-hydrogen) atoms. The van der Waals surface area contributed by atoms with Gasteiger partial charge in [-0.15, -0.1) is 0 Å². The zero-order valence-electron chi connectivity index (χ0n) is 11.2. The summed E-state index contributed by atoms with van der Waals surface area (Å²) in [4.78, 5) is 4.99. The molecular weight excluding hydrogens is 210 g/mol. The van der Waals surface area contributed by atoms with Crippen LogP contribution in [0.15, 0.2) is 12.1 Å². The van der Waals surface area contributed by atoms with Crippen molar-refractivity contribution in [3.8, 4) is 0 Å². The van der Waals surface area contributed by atoms with Crippen LogP contribution >= 0.6 is 0 Å². The Labute approximate surface area is 104 Å². The lowest BCUT2D eigenvalue weighted by Gasteiger charge is -2.37. The SMILES string of the molecule is CCN1CCN(c2c(C)cc(N)cc2C)CC1. The number of hydrogen-bond donors (Lipinski definition) is 1. The van der Waals surface area contributed by atoms with Gasteiger partial charge in [0.05, 0.1) is 0 Å². The first-order valence-electron chi connectivity index (χ1n) is 6.46. The maximum Gasteiger partial charge on any atom is 0.0428 e. The summed E-state index contributed by atoms with van der Waals surface area (Å²) in [5.74, 6) is 0. The van der Waals surface area contributed by atoms with E-state index in [-0.39, 0.29) is 0 Å². The fourth-order valence-electron chi connectivity index (χ4n) is 2.78. The number of anilines is 2. The van der Waals surface area contributed by atoms with Crippen molar-refractivity contribution < 1.29 is 0 Å². The average molecular weight is 233 g/mol. The summed E-state index contributed by atoms with van der Waals surface area (Å²) in [7, 11) is 0. The molecule has 0 aromatic heterocycles. The number of rotatable bonds is 2. The van der Waals surface area contributed by atoms with E-state index in [1.165, 1.54) is 29.9 Å². The van der Waals surface area contributed by atoms with Crippen LogP contribution in [0, 0.1) is 13.8 Å². The summed E-state index contributed by atoms with van der Waals surface area (Å²) in [6, 6.07) is 4.16. The van der Waals surface area contributed by atoms with Crippen molar-refractivity contribution in [1.82, 2.24) is 4.90 Å². The van der Waals surface area contributed by atoms with Crippen molar-refractivity contribution in [2.24, 2.45) is 0 Å². The van der Waals surface area contributed by atoms with E-state index in [0.29, 0.717) is 0 Å². The zero-order chi connectivity index (χ0) is 12.4. The molecule has 0 saturated carbocycles. The van der Waals surface area contributed by atoms with Crippen LogP contribution in [-0.2, 0) is 0 Å². The van der Waals surface area contributed by atoms with Gasteiger partial charge >= 0.3 is 0 Å². The van der Waals surface area contributed by atoms with Gasteiger partial charge in [-0.3, -0.25) is 0 Å². The molecule has 0 radical (unpaired) electrons. The Morgan fingerprint density at radius 3 is 2.06 bits per heavy atom. The molecule has 1 heterocycles. The van der Waals surface area contributed by atoms with Crippen LogP contribution < -0.4 is 10.6 Å². The maximum absolute atomic E-state index is 5.87. The second-order valence-electron chi connectivity index (χ2n) is 4.92. The topological polar surface area (TPSA) is 32.5 Å². The van der Waals surface area contributed by atoms with Gasteiger partial charge in [-0.1, -0.05) is 6.92 Å². The fraction of sp³-hybridized carbons (Fsp3) is 0.571. The predicted octanol–water partition coefficient (Wildman–Crippen LogP) is 2.03.